The molecule has 158 valence electrons. The predicted molar refractivity (Wildman–Crippen MR) is 122 cm³/mol. The summed E-state index contributed by atoms with van der Waals surface area (Å²) in [7, 11) is 0. The van der Waals surface area contributed by atoms with Crippen molar-refractivity contribution in [1.29, 1.82) is 0 Å². The first-order chi connectivity index (χ1) is 15.0. The summed E-state index contributed by atoms with van der Waals surface area (Å²) in [5.74, 6) is -1.15. The van der Waals surface area contributed by atoms with Crippen LogP contribution in [-0.2, 0) is 16.0 Å². The largest absolute Gasteiger partial charge is 0.480 e. The number of carbonyl (C=O) groups excluding carboxylic acids is 1. The molecule has 0 aliphatic heterocycles. The molecular weight excluding hydrogens is 458 g/mol. The van der Waals surface area contributed by atoms with E-state index in [4.69, 9.17) is 4.74 Å². The fourth-order valence-electron chi connectivity index (χ4n) is 4.04. The Morgan fingerprint density at radius 2 is 1.61 bits per heavy atom. The number of benzene rings is 3. The molecular formula is C25H22BrNO4. The minimum atomic E-state index is -1.08. The lowest BCUT2D eigenvalue weighted by atomic mass is 9.98. The number of carboxylic acid groups (broad SMARTS) is 1. The second-order valence-corrected chi connectivity index (χ2v) is 8.44. The van der Waals surface area contributed by atoms with E-state index < -0.39 is 18.1 Å². The number of nitrogens with one attached hydrogen (secondary N) is 1. The number of carboxylic acids is 1. The number of alkyl carbamates (subject to hydrolysis) is 1. The molecule has 1 aliphatic rings. The molecule has 4 rings (SSSR count). The minimum Gasteiger partial charge on any atom is -0.480 e. The topological polar surface area (TPSA) is 75.6 Å². The molecule has 31 heavy (non-hydrogen) atoms. The fourth-order valence-corrected chi connectivity index (χ4v) is 4.49. The third-order valence-electron chi connectivity index (χ3n) is 5.54. The highest BCUT2D eigenvalue weighted by Gasteiger charge is 2.29. The van der Waals surface area contributed by atoms with Gasteiger partial charge in [0.1, 0.15) is 12.6 Å². The molecule has 0 saturated carbocycles. The van der Waals surface area contributed by atoms with E-state index in [0.29, 0.717) is 6.42 Å². The molecule has 0 saturated heterocycles. The van der Waals surface area contributed by atoms with E-state index in [9.17, 15) is 14.7 Å². The van der Waals surface area contributed by atoms with Gasteiger partial charge in [0.05, 0.1) is 0 Å². The molecule has 1 atom stereocenters. The van der Waals surface area contributed by atoms with Gasteiger partial charge in [-0.1, -0.05) is 76.6 Å². The van der Waals surface area contributed by atoms with Gasteiger partial charge in [-0.3, -0.25) is 0 Å². The number of rotatable bonds is 7. The number of amides is 1. The normalized spacial score (nSPS) is 13.2. The van der Waals surface area contributed by atoms with Gasteiger partial charge in [-0.05, 0) is 52.8 Å². The van der Waals surface area contributed by atoms with Gasteiger partial charge in [0.15, 0.2) is 0 Å². The molecule has 0 unspecified atom stereocenters. The van der Waals surface area contributed by atoms with Crippen molar-refractivity contribution >= 4 is 28.0 Å². The highest BCUT2D eigenvalue weighted by atomic mass is 79.9. The Morgan fingerprint density at radius 1 is 0.968 bits per heavy atom. The highest BCUT2D eigenvalue weighted by molar-refractivity contribution is 9.10. The van der Waals surface area contributed by atoms with Crippen molar-refractivity contribution in [2.24, 2.45) is 0 Å². The van der Waals surface area contributed by atoms with Crippen LogP contribution in [0.15, 0.2) is 77.3 Å². The Kier molecular flexibility index (Phi) is 6.37. The predicted octanol–water partition coefficient (Wildman–Crippen LogP) is 5.37. The SMILES string of the molecule is O=C(N[C@@H](CCc1cccc(Br)c1)C(=O)O)OCC1c2ccccc2-c2ccccc21. The summed E-state index contributed by atoms with van der Waals surface area (Å²) in [6.07, 6.45) is 0.0827. The Bertz CT molecular complexity index is 1070. The molecule has 5 nitrogen and oxygen atoms in total. The van der Waals surface area contributed by atoms with Crippen LogP contribution in [0.2, 0.25) is 0 Å². The molecule has 0 aromatic heterocycles. The summed E-state index contributed by atoms with van der Waals surface area (Å²) < 4.78 is 6.40. The third kappa shape index (κ3) is 4.80. The van der Waals surface area contributed by atoms with Crippen LogP contribution in [0.4, 0.5) is 4.79 Å². The number of hydrogen-bond donors (Lipinski definition) is 2. The lowest BCUT2D eigenvalue weighted by Gasteiger charge is -2.17. The quantitative estimate of drug-likeness (QED) is 0.477. The lowest BCUT2D eigenvalue weighted by Crippen LogP contribution is -2.41. The van der Waals surface area contributed by atoms with Crippen molar-refractivity contribution in [3.05, 3.63) is 94.0 Å². The van der Waals surface area contributed by atoms with Crippen LogP contribution in [-0.4, -0.2) is 29.8 Å². The van der Waals surface area contributed by atoms with E-state index >= 15 is 0 Å². The molecule has 1 amide bonds. The van der Waals surface area contributed by atoms with Crippen molar-refractivity contribution in [2.45, 2.75) is 24.8 Å². The van der Waals surface area contributed by atoms with Gasteiger partial charge in [-0.15, -0.1) is 0 Å². The number of halogens is 1. The molecule has 0 bridgehead atoms. The van der Waals surface area contributed by atoms with Crippen LogP contribution >= 0.6 is 15.9 Å². The third-order valence-corrected chi connectivity index (χ3v) is 6.04. The van der Waals surface area contributed by atoms with Gasteiger partial charge in [0.25, 0.3) is 0 Å². The van der Waals surface area contributed by atoms with Gasteiger partial charge in [0.2, 0.25) is 0 Å². The maximum absolute atomic E-state index is 12.4. The zero-order valence-electron chi connectivity index (χ0n) is 16.8. The van der Waals surface area contributed by atoms with Crippen LogP contribution in [0.25, 0.3) is 11.1 Å². The van der Waals surface area contributed by atoms with E-state index in [1.165, 1.54) is 0 Å². The van der Waals surface area contributed by atoms with Gasteiger partial charge < -0.3 is 15.2 Å². The first kappa shape index (κ1) is 21.1. The fraction of sp³-hybridized carbons (Fsp3) is 0.200. The van der Waals surface area contributed by atoms with Crippen LogP contribution in [0.5, 0.6) is 0 Å². The molecule has 1 aliphatic carbocycles. The lowest BCUT2D eigenvalue weighted by molar-refractivity contribution is -0.139. The average molecular weight is 480 g/mol. The van der Waals surface area contributed by atoms with Crippen molar-refractivity contribution < 1.29 is 19.4 Å². The molecule has 3 aromatic carbocycles. The second-order valence-electron chi connectivity index (χ2n) is 7.53. The molecule has 6 heteroatoms. The standard InChI is InChI=1S/C25H22BrNO4/c26-17-7-5-6-16(14-17)12-13-23(24(28)29)27-25(30)31-15-22-20-10-3-1-8-18(20)19-9-2-4-11-21(19)22/h1-11,14,22-23H,12-13,15H2,(H,27,30)(H,28,29)/t23-/m0/s1. The van der Waals surface area contributed by atoms with Crippen LogP contribution in [0.3, 0.4) is 0 Å². The molecule has 0 fully saturated rings. The molecule has 0 heterocycles. The summed E-state index contributed by atoms with van der Waals surface area (Å²) >= 11 is 3.41. The summed E-state index contributed by atoms with van der Waals surface area (Å²) in [4.78, 5) is 24.0. The van der Waals surface area contributed by atoms with Crippen LogP contribution in [0, 0.1) is 0 Å². The average Bonchev–Trinajstić information content (AvgIpc) is 3.09. The van der Waals surface area contributed by atoms with Crippen LogP contribution < -0.4 is 5.32 Å². The zero-order chi connectivity index (χ0) is 21.8. The van der Waals surface area contributed by atoms with Gasteiger partial charge in [-0.25, -0.2) is 9.59 Å². The summed E-state index contributed by atoms with van der Waals surface area (Å²) in [5.41, 5.74) is 5.51. The van der Waals surface area contributed by atoms with Gasteiger partial charge in [0, 0.05) is 10.4 Å². The summed E-state index contributed by atoms with van der Waals surface area (Å²) in [5, 5.41) is 12.0. The number of fused-ring (bicyclic) bond motifs is 3. The van der Waals surface area contributed by atoms with Crippen molar-refractivity contribution in [2.75, 3.05) is 6.61 Å². The minimum absolute atomic E-state index is 0.0666. The number of aryl methyl sites for hydroxylation is 1. The highest BCUT2D eigenvalue weighted by Crippen LogP contribution is 2.44. The molecule has 3 aromatic rings. The number of hydrogen-bond acceptors (Lipinski definition) is 3. The Labute approximate surface area is 189 Å². The molecule has 2 N–H and O–H groups in total. The maximum Gasteiger partial charge on any atom is 0.407 e. The van der Waals surface area contributed by atoms with E-state index in [1.54, 1.807) is 0 Å². The van der Waals surface area contributed by atoms with Crippen molar-refractivity contribution in [3.63, 3.8) is 0 Å². The van der Waals surface area contributed by atoms with E-state index in [2.05, 4.69) is 33.4 Å². The monoisotopic (exact) mass is 479 g/mol. The number of ether oxygens (including phenoxy) is 1. The smallest absolute Gasteiger partial charge is 0.407 e. The van der Waals surface area contributed by atoms with Crippen molar-refractivity contribution in [1.82, 2.24) is 5.32 Å². The first-order valence-electron chi connectivity index (χ1n) is 10.1. The maximum atomic E-state index is 12.4. The van der Waals surface area contributed by atoms with E-state index in [0.717, 1.165) is 32.3 Å². The van der Waals surface area contributed by atoms with Gasteiger partial charge >= 0.3 is 12.1 Å². The van der Waals surface area contributed by atoms with E-state index in [1.807, 2.05) is 60.7 Å². The Balaban J connectivity index is 1.38. The van der Waals surface area contributed by atoms with E-state index in [-0.39, 0.29) is 18.9 Å². The Morgan fingerprint density at radius 3 is 2.23 bits per heavy atom. The number of carbonyl (C=O) groups is 2. The number of aliphatic carboxylic acids is 1. The molecule has 0 spiro atoms. The Hall–Kier alpha value is -3.12. The second kappa shape index (κ2) is 9.35. The van der Waals surface area contributed by atoms with Crippen LogP contribution in [0.1, 0.15) is 29.0 Å². The summed E-state index contributed by atoms with van der Waals surface area (Å²) in [6, 6.07) is 22.8. The molecule has 0 radical (unpaired) electrons. The first-order valence-corrected chi connectivity index (χ1v) is 10.9. The van der Waals surface area contributed by atoms with Gasteiger partial charge in [-0.2, -0.15) is 0 Å². The zero-order valence-corrected chi connectivity index (χ0v) is 18.3. The summed E-state index contributed by atoms with van der Waals surface area (Å²) in [6.45, 7) is 0.151. The van der Waals surface area contributed by atoms with Crippen molar-refractivity contribution in [3.8, 4) is 11.1 Å².